The number of amides is 1. The van der Waals surface area contributed by atoms with Gasteiger partial charge in [0.2, 0.25) is 5.91 Å². The Hall–Kier alpha value is -2.36. The molecule has 0 unspecified atom stereocenters. The van der Waals surface area contributed by atoms with Gasteiger partial charge in [-0.15, -0.1) is 0 Å². The molecule has 0 N–H and O–H groups in total. The lowest BCUT2D eigenvalue weighted by atomic mass is 9.98. The van der Waals surface area contributed by atoms with Crippen LogP contribution in [0.4, 0.5) is 4.39 Å². The fraction of sp³-hybridized carbons (Fsp3) is 0.381. The van der Waals surface area contributed by atoms with Gasteiger partial charge >= 0.3 is 0 Å². The quantitative estimate of drug-likeness (QED) is 0.781. The lowest BCUT2D eigenvalue weighted by Gasteiger charge is -2.30. The van der Waals surface area contributed by atoms with E-state index in [1.807, 2.05) is 29.2 Å². The molecule has 1 heterocycles. The maximum atomic E-state index is 12.9. The first-order chi connectivity index (χ1) is 12.1. The maximum absolute atomic E-state index is 12.9. The van der Waals surface area contributed by atoms with Gasteiger partial charge in [0.15, 0.2) is 0 Å². The van der Waals surface area contributed by atoms with Gasteiger partial charge in [0, 0.05) is 19.5 Å². The Morgan fingerprint density at radius 2 is 1.84 bits per heavy atom. The number of aryl methyl sites for hydroxylation is 1. The third kappa shape index (κ3) is 5.05. The number of piperidine rings is 1. The fourth-order valence-electron chi connectivity index (χ4n) is 3.07. The molecule has 3 rings (SSSR count). The highest BCUT2D eigenvalue weighted by Crippen LogP contribution is 2.23. The summed E-state index contributed by atoms with van der Waals surface area (Å²) in [5.41, 5.74) is 1.07. The van der Waals surface area contributed by atoms with Crippen molar-refractivity contribution in [1.29, 1.82) is 0 Å². The highest BCUT2D eigenvalue weighted by atomic mass is 19.1. The summed E-state index contributed by atoms with van der Waals surface area (Å²) in [7, 11) is 0. The number of carbonyl (C=O) groups excluding carboxylic acids is 1. The van der Waals surface area contributed by atoms with Crippen LogP contribution < -0.4 is 4.74 Å². The van der Waals surface area contributed by atoms with Gasteiger partial charge in [-0.2, -0.15) is 0 Å². The molecule has 0 atom stereocenters. The highest BCUT2D eigenvalue weighted by molar-refractivity contribution is 5.76. The van der Waals surface area contributed by atoms with Crippen molar-refractivity contribution in [3.8, 4) is 11.5 Å². The predicted octanol–water partition coefficient (Wildman–Crippen LogP) is 4.81. The van der Waals surface area contributed by atoms with Crippen molar-refractivity contribution in [2.75, 3.05) is 13.1 Å². The molecule has 1 fully saturated rings. The second-order valence-corrected chi connectivity index (χ2v) is 6.77. The Morgan fingerprint density at radius 3 is 2.56 bits per heavy atom. The summed E-state index contributed by atoms with van der Waals surface area (Å²) in [6.45, 7) is 4.01. The minimum Gasteiger partial charge on any atom is -0.457 e. The van der Waals surface area contributed by atoms with Crippen molar-refractivity contribution in [3.63, 3.8) is 0 Å². The van der Waals surface area contributed by atoms with E-state index in [1.165, 1.54) is 12.1 Å². The summed E-state index contributed by atoms with van der Waals surface area (Å²) in [6, 6.07) is 13.7. The van der Waals surface area contributed by atoms with Crippen molar-refractivity contribution < 1.29 is 13.9 Å². The minimum absolute atomic E-state index is 0.233. The van der Waals surface area contributed by atoms with Gasteiger partial charge in [0.1, 0.15) is 17.3 Å². The molecule has 2 aromatic rings. The van der Waals surface area contributed by atoms with Gasteiger partial charge in [-0.25, -0.2) is 4.39 Å². The number of carbonyl (C=O) groups is 1. The Morgan fingerprint density at radius 1 is 1.12 bits per heavy atom. The standard InChI is InChI=1S/C21H24FNO2/c1-16-11-13-23(14-12-16)21(24)10-5-17-3-2-4-20(15-17)25-19-8-6-18(22)7-9-19/h2-4,6-9,15-16H,5,10-14H2,1H3. The molecule has 1 amide bonds. The predicted molar refractivity (Wildman–Crippen MR) is 96.2 cm³/mol. The first-order valence-corrected chi connectivity index (χ1v) is 8.90. The van der Waals surface area contributed by atoms with Crippen LogP contribution in [0.25, 0.3) is 0 Å². The van der Waals surface area contributed by atoms with Gasteiger partial charge in [-0.3, -0.25) is 4.79 Å². The van der Waals surface area contributed by atoms with Crippen LogP contribution in [0, 0.1) is 11.7 Å². The number of hydrogen-bond acceptors (Lipinski definition) is 2. The van der Waals surface area contributed by atoms with Crippen molar-refractivity contribution in [2.24, 2.45) is 5.92 Å². The summed E-state index contributed by atoms with van der Waals surface area (Å²) in [5, 5.41) is 0. The zero-order valence-corrected chi connectivity index (χ0v) is 14.6. The summed E-state index contributed by atoms with van der Waals surface area (Å²) in [6.07, 6.45) is 3.43. The van der Waals surface area contributed by atoms with Crippen LogP contribution in [0.15, 0.2) is 48.5 Å². The number of likely N-dealkylation sites (tertiary alicyclic amines) is 1. The number of rotatable bonds is 5. The lowest BCUT2D eigenvalue weighted by molar-refractivity contribution is -0.132. The number of benzene rings is 2. The fourth-order valence-corrected chi connectivity index (χ4v) is 3.07. The minimum atomic E-state index is -0.285. The van der Waals surface area contributed by atoms with Crippen molar-refractivity contribution in [2.45, 2.75) is 32.6 Å². The normalized spacial score (nSPS) is 15.2. The number of ether oxygens (including phenoxy) is 1. The number of nitrogens with zero attached hydrogens (tertiary/aromatic N) is 1. The van der Waals surface area contributed by atoms with E-state index in [2.05, 4.69) is 6.92 Å². The molecule has 3 nitrogen and oxygen atoms in total. The highest BCUT2D eigenvalue weighted by Gasteiger charge is 2.19. The molecule has 0 aromatic heterocycles. The van der Waals surface area contributed by atoms with Crippen LogP contribution in [-0.2, 0) is 11.2 Å². The Bertz CT molecular complexity index is 706. The molecule has 4 heteroatoms. The third-order valence-electron chi connectivity index (χ3n) is 4.71. The van der Waals surface area contributed by atoms with Gasteiger partial charge in [-0.1, -0.05) is 19.1 Å². The van der Waals surface area contributed by atoms with Crippen LogP contribution >= 0.6 is 0 Å². The smallest absolute Gasteiger partial charge is 0.222 e. The average Bonchev–Trinajstić information content (AvgIpc) is 2.63. The van der Waals surface area contributed by atoms with Crippen LogP contribution in [-0.4, -0.2) is 23.9 Å². The lowest BCUT2D eigenvalue weighted by Crippen LogP contribution is -2.37. The van der Waals surface area contributed by atoms with Gasteiger partial charge in [0.05, 0.1) is 0 Å². The second kappa shape index (κ2) is 8.15. The average molecular weight is 341 g/mol. The summed E-state index contributed by atoms with van der Waals surface area (Å²) in [4.78, 5) is 14.3. The molecular weight excluding hydrogens is 317 g/mol. The molecule has 25 heavy (non-hydrogen) atoms. The topological polar surface area (TPSA) is 29.5 Å². The molecule has 0 saturated carbocycles. The van der Waals surface area contributed by atoms with Gasteiger partial charge < -0.3 is 9.64 Å². The van der Waals surface area contributed by atoms with Crippen LogP contribution in [0.1, 0.15) is 31.7 Å². The number of hydrogen-bond donors (Lipinski definition) is 0. The van der Waals surface area contributed by atoms with E-state index >= 15 is 0 Å². The molecule has 0 radical (unpaired) electrons. The van der Waals surface area contributed by atoms with Crippen LogP contribution in [0.5, 0.6) is 11.5 Å². The molecule has 2 aromatic carbocycles. The number of halogens is 1. The van der Waals surface area contributed by atoms with Crippen LogP contribution in [0.2, 0.25) is 0 Å². The molecule has 1 aliphatic heterocycles. The first-order valence-electron chi connectivity index (χ1n) is 8.90. The van der Waals surface area contributed by atoms with E-state index in [-0.39, 0.29) is 11.7 Å². The van der Waals surface area contributed by atoms with E-state index in [0.29, 0.717) is 24.3 Å². The largest absolute Gasteiger partial charge is 0.457 e. The Labute approximate surface area is 148 Å². The Balaban J connectivity index is 1.54. The van der Waals surface area contributed by atoms with E-state index < -0.39 is 0 Å². The molecular formula is C21H24FNO2. The van der Waals surface area contributed by atoms with Gasteiger partial charge in [0.25, 0.3) is 0 Å². The molecule has 0 spiro atoms. The Kier molecular flexibility index (Phi) is 5.69. The van der Waals surface area contributed by atoms with E-state index in [9.17, 15) is 9.18 Å². The van der Waals surface area contributed by atoms with Gasteiger partial charge in [-0.05, 0) is 67.1 Å². The molecule has 0 bridgehead atoms. The second-order valence-electron chi connectivity index (χ2n) is 6.77. The van der Waals surface area contributed by atoms with E-state index in [4.69, 9.17) is 4.74 Å². The van der Waals surface area contributed by atoms with Crippen LogP contribution in [0.3, 0.4) is 0 Å². The SMILES string of the molecule is CC1CCN(C(=O)CCc2cccc(Oc3ccc(F)cc3)c2)CC1. The first kappa shape index (κ1) is 17.5. The molecule has 1 saturated heterocycles. The van der Waals surface area contributed by atoms with E-state index in [1.54, 1.807) is 12.1 Å². The van der Waals surface area contributed by atoms with Crippen molar-refractivity contribution in [1.82, 2.24) is 4.90 Å². The summed E-state index contributed by atoms with van der Waals surface area (Å²) < 4.78 is 18.7. The zero-order valence-electron chi connectivity index (χ0n) is 14.6. The van der Waals surface area contributed by atoms with Crippen molar-refractivity contribution in [3.05, 3.63) is 59.9 Å². The zero-order chi connectivity index (χ0) is 17.6. The maximum Gasteiger partial charge on any atom is 0.222 e. The molecule has 132 valence electrons. The van der Waals surface area contributed by atoms with Crippen molar-refractivity contribution >= 4 is 5.91 Å². The monoisotopic (exact) mass is 341 g/mol. The summed E-state index contributed by atoms with van der Waals surface area (Å²) >= 11 is 0. The van der Waals surface area contributed by atoms with E-state index in [0.717, 1.165) is 37.4 Å². The molecule has 0 aliphatic carbocycles. The third-order valence-corrected chi connectivity index (χ3v) is 4.71. The molecule has 1 aliphatic rings. The summed E-state index contributed by atoms with van der Waals surface area (Å²) in [5.74, 6) is 1.97.